The summed E-state index contributed by atoms with van der Waals surface area (Å²) in [4.78, 5) is 29.2. The van der Waals surface area contributed by atoms with Crippen LogP contribution in [0.4, 0.5) is 4.39 Å². The Balaban J connectivity index is 1.76. The molecule has 38 heavy (non-hydrogen) atoms. The minimum atomic E-state index is -0.961. The highest BCUT2D eigenvalue weighted by Crippen LogP contribution is 2.27. The molecule has 0 saturated carbocycles. The number of para-hydroxylation sites is 1. The van der Waals surface area contributed by atoms with Crippen molar-refractivity contribution in [3.63, 3.8) is 0 Å². The molecule has 1 heterocycles. The minimum absolute atomic E-state index is 0.0845. The van der Waals surface area contributed by atoms with Crippen LogP contribution in [0.1, 0.15) is 44.9 Å². The molecule has 0 radical (unpaired) electrons. The van der Waals surface area contributed by atoms with E-state index in [1.165, 1.54) is 21.7 Å². The number of halogens is 1. The number of nitrogens with zero attached hydrogens (tertiary/aromatic N) is 4. The lowest BCUT2D eigenvalue weighted by molar-refractivity contribution is -0.142. The zero-order chi connectivity index (χ0) is 27.3. The number of carbonyl (C=O) groups is 2. The van der Waals surface area contributed by atoms with Crippen molar-refractivity contribution in [3.8, 4) is 5.75 Å². The summed E-state index contributed by atoms with van der Waals surface area (Å²) in [5.41, 5.74) is 2.14. The number of aromatic nitrogens is 3. The first-order valence-electron chi connectivity index (χ1n) is 12.5. The fourth-order valence-corrected chi connectivity index (χ4v) is 4.19. The van der Waals surface area contributed by atoms with Gasteiger partial charge in [-0.15, -0.1) is 5.10 Å². The Morgan fingerprint density at radius 3 is 2.37 bits per heavy atom. The van der Waals surface area contributed by atoms with Crippen LogP contribution in [-0.4, -0.2) is 43.9 Å². The molecule has 2 amide bonds. The Kier molecular flexibility index (Phi) is 8.05. The summed E-state index contributed by atoms with van der Waals surface area (Å²) in [6, 6.07) is 19.4. The van der Waals surface area contributed by atoms with E-state index in [2.05, 4.69) is 15.6 Å². The zero-order valence-corrected chi connectivity index (χ0v) is 22.0. The van der Waals surface area contributed by atoms with E-state index in [0.29, 0.717) is 34.5 Å². The fraction of sp³-hybridized carbons (Fsp3) is 0.310. The second-order valence-electron chi connectivity index (χ2n) is 10.0. The Morgan fingerprint density at radius 1 is 1.03 bits per heavy atom. The van der Waals surface area contributed by atoms with Crippen molar-refractivity contribution in [3.05, 3.63) is 89.7 Å². The quantitative estimate of drug-likeness (QED) is 0.349. The molecule has 198 valence electrons. The molecule has 4 rings (SSSR count). The lowest BCUT2D eigenvalue weighted by Gasteiger charge is -2.34. The third-order valence-electron chi connectivity index (χ3n) is 5.86. The molecule has 3 aromatic carbocycles. The second-order valence-corrected chi connectivity index (χ2v) is 10.0. The molecule has 1 aromatic heterocycles. The third kappa shape index (κ3) is 6.53. The van der Waals surface area contributed by atoms with Gasteiger partial charge in [-0.1, -0.05) is 41.6 Å². The van der Waals surface area contributed by atoms with Gasteiger partial charge in [-0.3, -0.25) is 9.59 Å². The first-order valence-corrected chi connectivity index (χ1v) is 12.5. The average molecular weight is 518 g/mol. The second kappa shape index (κ2) is 11.4. The highest BCUT2D eigenvalue weighted by atomic mass is 19.1. The van der Waals surface area contributed by atoms with Crippen molar-refractivity contribution in [1.29, 1.82) is 0 Å². The van der Waals surface area contributed by atoms with E-state index in [0.717, 1.165) is 0 Å². The van der Waals surface area contributed by atoms with Crippen molar-refractivity contribution in [2.75, 3.05) is 6.61 Å². The normalized spacial score (nSPS) is 12.2. The van der Waals surface area contributed by atoms with Crippen LogP contribution in [0, 0.1) is 5.82 Å². The van der Waals surface area contributed by atoms with Gasteiger partial charge in [0.05, 0.1) is 12.1 Å². The van der Waals surface area contributed by atoms with E-state index in [-0.39, 0.29) is 30.7 Å². The van der Waals surface area contributed by atoms with Crippen LogP contribution >= 0.6 is 0 Å². The van der Waals surface area contributed by atoms with Gasteiger partial charge in [-0.25, -0.2) is 9.07 Å². The van der Waals surface area contributed by atoms with E-state index in [4.69, 9.17) is 4.74 Å². The van der Waals surface area contributed by atoms with Crippen LogP contribution < -0.4 is 10.1 Å². The average Bonchev–Trinajstić information content (AvgIpc) is 3.27. The molecule has 0 unspecified atom stereocenters. The number of amides is 2. The minimum Gasteiger partial charge on any atom is -0.494 e. The van der Waals surface area contributed by atoms with E-state index < -0.39 is 11.6 Å². The summed E-state index contributed by atoms with van der Waals surface area (Å²) in [6.07, 6.45) is 0. The van der Waals surface area contributed by atoms with Gasteiger partial charge in [0.15, 0.2) is 0 Å². The topological polar surface area (TPSA) is 89.4 Å². The molecule has 1 N–H and O–H groups in total. The third-order valence-corrected chi connectivity index (χ3v) is 5.86. The van der Waals surface area contributed by atoms with Crippen LogP contribution in [0.15, 0.2) is 72.8 Å². The lowest BCUT2D eigenvalue weighted by Crippen LogP contribution is -2.49. The van der Waals surface area contributed by atoms with Crippen LogP contribution in [0.3, 0.4) is 0 Å². The Bertz CT molecular complexity index is 1390. The summed E-state index contributed by atoms with van der Waals surface area (Å²) in [5.74, 6) is -0.389. The van der Waals surface area contributed by atoms with Crippen molar-refractivity contribution < 1.29 is 18.7 Å². The fourth-order valence-electron chi connectivity index (χ4n) is 4.19. The van der Waals surface area contributed by atoms with E-state index >= 15 is 0 Å². The number of rotatable bonds is 9. The van der Waals surface area contributed by atoms with Crippen molar-refractivity contribution in [2.24, 2.45) is 0 Å². The van der Waals surface area contributed by atoms with Crippen LogP contribution in [-0.2, 0) is 22.7 Å². The zero-order valence-electron chi connectivity index (χ0n) is 22.0. The molecule has 1 atom stereocenters. The molecule has 0 bridgehead atoms. The number of ether oxygens (including phenoxy) is 1. The number of benzene rings is 3. The van der Waals surface area contributed by atoms with Gasteiger partial charge in [0, 0.05) is 12.1 Å². The molecule has 0 fully saturated rings. The largest absolute Gasteiger partial charge is 0.494 e. The highest BCUT2D eigenvalue weighted by Gasteiger charge is 2.34. The maximum absolute atomic E-state index is 13.9. The monoisotopic (exact) mass is 517 g/mol. The first-order chi connectivity index (χ1) is 18.1. The Labute approximate surface area is 221 Å². The number of hydrogen-bond donors (Lipinski definition) is 1. The van der Waals surface area contributed by atoms with Crippen LogP contribution in [0.5, 0.6) is 5.75 Å². The molecular weight excluding hydrogens is 485 g/mol. The Morgan fingerprint density at radius 2 is 1.71 bits per heavy atom. The molecule has 8 nitrogen and oxygen atoms in total. The van der Waals surface area contributed by atoms with Gasteiger partial charge in [0.25, 0.3) is 0 Å². The maximum Gasteiger partial charge on any atom is 0.247 e. The summed E-state index contributed by atoms with van der Waals surface area (Å²) in [7, 11) is 0. The molecular formula is C29H32FN5O3. The van der Waals surface area contributed by atoms with Crippen molar-refractivity contribution in [1.82, 2.24) is 25.2 Å². The van der Waals surface area contributed by atoms with E-state index in [1.54, 1.807) is 36.4 Å². The maximum atomic E-state index is 13.9. The Hall–Kier alpha value is -4.27. The molecule has 0 spiro atoms. The van der Waals surface area contributed by atoms with Gasteiger partial charge < -0.3 is 15.0 Å². The van der Waals surface area contributed by atoms with Crippen molar-refractivity contribution >= 4 is 22.8 Å². The standard InChI is InChI=1S/C29H32FN5O3/c1-5-38-23-16-12-21(13-17-23)27(28(37)31-29(2,3)4)34(18-20-10-14-22(30)15-11-20)26(36)19-35-25-9-7-6-8-24(25)32-33-35/h6-17,27H,5,18-19H2,1-4H3,(H,31,37)/t27-/m1/s1. The predicted octanol–water partition coefficient (Wildman–Crippen LogP) is 4.65. The molecule has 0 aliphatic carbocycles. The van der Waals surface area contributed by atoms with Gasteiger partial charge in [-0.05, 0) is 75.2 Å². The SMILES string of the molecule is CCOc1ccc([C@H](C(=O)NC(C)(C)C)N(Cc2ccc(F)cc2)C(=O)Cn2nnc3ccccc32)cc1. The smallest absolute Gasteiger partial charge is 0.247 e. The lowest BCUT2D eigenvalue weighted by atomic mass is 10.0. The number of hydrogen-bond acceptors (Lipinski definition) is 5. The number of fused-ring (bicyclic) bond motifs is 1. The summed E-state index contributed by atoms with van der Waals surface area (Å²) in [6.45, 7) is 8.01. The summed E-state index contributed by atoms with van der Waals surface area (Å²) >= 11 is 0. The number of carbonyl (C=O) groups excluding carboxylic acids is 2. The summed E-state index contributed by atoms with van der Waals surface area (Å²) < 4.78 is 20.7. The highest BCUT2D eigenvalue weighted by molar-refractivity contribution is 5.89. The van der Waals surface area contributed by atoms with Crippen molar-refractivity contribution in [2.45, 2.75) is 52.4 Å². The molecule has 9 heteroatoms. The molecule has 0 saturated heterocycles. The predicted molar refractivity (Wildman–Crippen MR) is 143 cm³/mol. The van der Waals surface area contributed by atoms with E-state index in [9.17, 15) is 14.0 Å². The number of nitrogens with one attached hydrogen (secondary N) is 1. The van der Waals surface area contributed by atoms with Gasteiger partial charge in [0.1, 0.15) is 29.7 Å². The van der Waals surface area contributed by atoms with E-state index in [1.807, 2.05) is 52.0 Å². The van der Waals surface area contributed by atoms with Gasteiger partial charge >= 0.3 is 0 Å². The summed E-state index contributed by atoms with van der Waals surface area (Å²) in [5, 5.41) is 11.3. The van der Waals surface area contributed by atoms with Gasteiger partial charge in [-0.2, -0.15) is 0 Å². The molecule has 4 aromatic rings. The van der Waals surface area contributed by atoms with Crippen LogP contribution in [0.2, 0.25) is 0 Å². The molecule has 0 aliphatic heterocycles. The first kappa shape index (κ1) is 26.8. The van der Waals surface area contributed by atoms with Gasteiger partial charge in [0.2, 0.25) is 11.8 Å². The van der Waals surface area contributed by atoms with Crippen LogP contribution in [0.25, 0.3) is 11.0 Å². The molecule has 0 aliphatic rings.